The van der Waals surface area contributed by atoms with Gasteiger partial charge >= 0.3 is 0 Å². The lowest BCUT2D eigenvalue weighted by atomic mass is 10.0. The molecule has 0 saturated carbocycles. The Morgan fingerprint density at radius 3 is 3.20 bits per heavy atom. The van der Waals surface area contributed by atoms with Crippen LogP contribution in [0, 0.1) is 0 Å². The van der Waals surface area contributed by atoms with Crippen molar-refractivity contribution in [1.82, 2.24) is 0 Å². The molecule has 0 saturated heterocycles. The molecule has 3 bridgehead atoms. The normalized spacial score (nSPS) is 13.6. The second kappa shape index (κ2) is 1.26. The molecule has 2 aromatic rings. The Labute approximate surface area is 58.3 Å². The number of furan rings is 1. The lowest BCUT2D eigenvalue weighted by molar-refractivity contribution is 0.567. The molecule has 0 N–H and O–H groups in total. The average molecular weight is 130 g/mol. The van der Waals surface area contributed by atoms with Gasteiger partial charge in [0.25, 0.3) is 0 Å². The van der Waals surface area contributed by atoms with E-state index in [0.717, 1.165) is 17.8 Å². The highest BCUT2D eigenvalue weighted by atomic mass is 16.3. The molecule has 1 aromatic carbocycles. The van der Waals surface area contributed by atoms with Gasteiger partial charge in [0.05, 0.1) is 0 Å². The van der Waals surface area contributed by atoms with Crippen LogP contribution in [0.5, 0.6) is 0 Å². The Hall–Kier alpha value is -1.24. The highest BCUT2D eigenvalue weighted by molar-refractivity contribution is 5.80. The predicted molar refractivity (Wildman–Crippen MR) is 39.0 cm³/mol. The van der Waals surface area contributed by atoms with Gasteiger partial charge in [0.2, 0.25) is 0 Å². The van der Waals surface area contributed by atoms with Gasteiger partial charge in [0, 0.05) is 11.8 Å². The molecule has 10 heavy (non-hydrogen) atoms. The van der Waals surface area contributed by atoms with Gasteiger partial charge in [-0.2, -0.15) is 0 Å². The van der Waals surface area contributed by atoms with Crippen LogP contribution in [0.2, 0.25) is 0 Å². The standard InChI is InChI=1S/C9H6O/c1-2-9-7-3-6(1)4-8(5-7)10-9/h1-3,5H,4H2. The van der Waals surface area contributed by atoms with Crippen LogP contribution in [0.3, 0.4) is 0 Å². The molecule has 0 amide bonds. The maximum absolute atomic E-state index is 5.48. The summed E-state index contributed by atoms with van der Waals surface area (Å²) in [6, 6.07) is 8.47. The van der Waals surface area contributed by atoms with Gasteiger partial charge < -0.3 is 4.42 Å². The second-order valence-corrected chi connectivity index (χ2v) is 2.76. The third-order valence-corrected chi connectivity index (χ3v) is 2.01. The minimum atomic E-state index is 0.976. The summed E-state index contributed by atoms with van der Waals surface area (Å²) in [6.07, 6.45) is 0.976. The van der Waals surface area contributed by atoms with E-state index in [2.05, 4.69) is 18.2 Å². The fraction of sp³-hybridized carbons (Fsp3) is 0.111. The Kier molecular flexibility index (Phi) is 0.575. The van der Waals surface area contributed by atoms with Crippen molar-refractivity contribution in [3.05, 3.63) is 35.6 Å². The first-order valence-electron chi connectivity index (χ1n) is 3.43. The summed E-state index contributed by atoms with van der Waals surface area (Å²) < 4.78 is 5.48. The van der Waals surface area contributed by atoms with E-state index >= 15 is 0 Å². The number of rotatable bonds is 0. The van der Waals surface area contributed by atoms with Crippen LogP contribution in [0.4, 0.5) is 0 Å². The van der Waals surface area contributed by atoms with Crippen LogP contribution in [-0.2, 0) is 6.42 Å². The van der Waals surface area contributed by atoms with Crippen LogP contribution in [-0.4, -0.2) is 0 Å². The van der Waals surface area contributed by atoms with Crippen molar-refractivity contribution in [2.45, 2.75) is 6.42 Å². The molecule has 1 aliphatic carbocycles. The van der Waals surface area contributed by atoms with E-state index in [1.165, 1.54) is 10.9 Å². The second-order valence-electron chi connectivity index (χ2n) is 2.76. The van der Waals surface area contributed by atoms with Crippen molar-refractivity contribution < 1.29 is 4.42 Å². The number of hydrogen-bond donors (Lipinski definition) is 0. The Balaban J connectivity index is 2.71. The Bertz CT molecular complexity index is 385. The maximum Gasteiger partial charge on any atom is 0.134 e. The van der Waals surface area contributed by atoms with Crippen LogP contribution in [0.15, 0.2) is 28.7 Å². The summed E-state index contributed by atoms with van der Waals surface area (Å²) in [5.41, 5.74) is 2.39. The highest BCUT2D eigenvalue weighted by Gasteiger charge is 2.10. The molecule has 0 spiro atoms. The Morgan fingerprint density at radius 1 is 1.20 bits per heavy atom. The highest BCUT2D eigenvalue weighted by Crippen LogP contribution is 2.27. The molecule has 0 radical (unpaired) electrons. The van der Waals surface area contributed by atoms with Crippen molar-refractivity contribution in [3.8, 4) is 0 Å². The van der Waals surface area contributed by atoms with Crippen LogP contribution in [0.25, 0.3) is 11.0 Å². The van der Waals surface area contributed by atoms with Crippen molar-refractivity contribution in [2.75, 3.05) is 0 Å². The van der Waals surface area contributed by atoms with Crippen molar-refractivity contribution >= 4 is 11.0 Å². The molecule has 1 nitrogen and oxygen atoms in total. The minimum absolute atomic E-state index is 0.976. The zero-order chi connectivity index (χ0) is 6.55. The zero-order valence-corrected chi connectivity index (χ0v) is 5.42. The van der Waals surface area contributed by atoms with Gasteiger partial charge in [-0.3, -0.25) is 0 Å². The molecular formula is C9H6O. The molecule has 1 aromatic heterocycles. The zero-order valence-electron chi connectivity index (χ0n) is 5.42. The minimum Gasteiger partial charge on any atom is -0.461 e. The smallest absolute Gasteiger partial charge is 0.134 e. The van der Waals surface area contributed by atoms with E-state index < -0.39 is 0 Å². The molecule has 0 unspecified atom stereocenters. The van der Waals surface area contributed by atoms with Crippen molar-refractivity contribution in [1.29, 1.82) is 0 Å². The molecule has 3 rings (SSSR count). The summed E-state index contributed by atoms with van der Waals surface area (Å²) in [5, 5.41) is 1.25. The van der Waals surface area contributed by atoms with Crippen molar-refractivity contribution in [3.63, 3.8) is 0 Å². The largest absolute Gasteiger partial charge is 0.461 e. The quantitative estimate of drug-likeness (QED) is 0.455. The van der Waals surface area contributed by atoms with Gasteiger partial charge in [-0.05, 0) is 23.8 Å². The van der Waals surface area contributed by atoms with Crippen LogP contribution < -0.4 is 0 Å². The first-order valence-corrected chi connectivity index (χ1v) is 3.43. The van der Waals surface area contributed by atoms with Gasteiger partial charge in [0.1, 0.15) is 11.3 Å². The summed E-state index contributed by atoms with van der Waals surface area (Å²) in [5.74, 6) is 1.10. The summed E-state index contributed by atoms with van der Waals surface area (Å²) >= 11 is 0. The number of fused-ring (bicyclic) bond motifs is 2. The van der Waals surface area contributed by atoms with Gasteiger partial charge in [0.15, 0.2) is 0 Å². The first kappa shape index (κ1) is 4.56. The molecular weight excluding hydrogens is 124 g/mol. The molecule has 0 fully saturated rings. The molecule has 0 aliphatic heterocycles. The summed E-state index contributed by atoms with van der Waals surface area (Å²) in [6.45, 7) is 0. The lowest BCUT2D eigenvalue weighted by Gasteiger charge is -1.97. The third-order valence-electron chi connectivity index (χ3n) is 2.01. The SMILES string of the molecule is c1cc2oc3cc2cc1C3. The lowest BCUT2D eigenvalue weighted by Crippen LogP contribution is -1.85. The van der Waals surface area contributed by atoms with E-state index in [1.807, 2.05) is 6.07 Å². The molecule has 48 valence electrons. The molecule has 1 heterocycles. The fourth-order valence-electron chi connectivity index (χ4n) is 1.55. The van der Waals surface area contributed by atoms with E-state index in [9.17, 15) is 0 Å². The van der Waals surface area contributed by atoms with Gasteiger partial charge in [-0.25, -0.2) is 0 Å². The monoisotopic (exact) mass is 130 g/mol. The van der Waals surface area contributed by atoms with Crippen LogP contribution >= 0.6 is 0 Å². The van der Waals surface area contributed by atoms with E-state index in [-0.39, 0.29) is 0 Å². The van der Waals surface area contributed by atoms with Crippen LogP contribution in [0.1, 0.15) is 11.3 Å². The Morgan fingerprint density at radius 2 is 2.20 bits per heavy atom. The van der Waals surface area contributed by atoms with Gasteiger partial charge in [-0.1, -0.05) is 6.07 Å². The van der Waals surface area contributed by atoms with Crippen molar-refractivity contribution in [2.24, 2.45) is 0 Å². The molecule has 1 aliphatic rings. The maximum atomic E-state index is 5.48. The number of benzene rings is 1. The topological polar surface area (TPSA) is 13.1 Å². The fourth-order valence-corrected chi connectivity index (χ4v) is 1.55. The first-order chi connectivity index (χ1) is 4.92. The third kappa shape index (κ3) is 0.397. The van der Waals surface area contributed by atoms with E-state index in [4.69, 9.17) is 4.42 Å². The average Bonchev–Trinajstić information content (AvgIpc) is 2.11. The molecule has 1 heteroatoms. The number of hydrogen-bond acceptors (Lipinski definition) is 1. The summed E-state index contributed by atoms with van der Waals surface area (Å²) in [7, 11) is 0. The molecule has 0 atom stereocenters. The van der Waals surface area contributed by atoms with E-state index in [1.54, 1.807) is 0 Å². The van der Waals surface area contributed by atoms with E-state index in [0.29, 0.717) is 0 Å². The predicted octanol–water partition coefficient (Wildman–Crippen LogP) is 2.34. The summed E-state index contributed by atoms with van der Waals surface area (Å²) in [4.78, 5) is 0. The van der Waals surface area contributed by atoms with Gasteiger partial charge in [-0.15, -0.1) is 0 Å².